The normalized spacial score (nSPS) is 27.4. The lowest BCUT2D eigenvalue weighted by Gasteiger charge is -2.39. The van der Waals surface area contributed by atoms with Crippen molar-refractivity contribution in [1.82, 2.24) is 0 Å². The number of aliphatic hydroxyl groups is 1. The molecule has 164 valence electrons. The summed E-state index contributed by atoms with van der Waals surface area (Å²) in [4.78, 5) is 11.4. The molecule has 1 saturated carbocycles. The molecule has 1 aliphatic rings. The number of unbranched alkanes of at least 4 members (excludes halogenated alkanes) is 2. The van der Waals surface area contributed by atoms with Gasteiger partial charge in [-0.2, -0.15) is 0 Å². The first-order valence-electron chi connectivity index (χ1n) is 10.7. The van der Waals surface area contributed by atoms with Crippen LogP contribution in [0.5, 0.6) is 0 Å². The fraction of sp³-hybridized carbons (Fsp3) is 0.864. The Labute approximate surface area is 172 Å². The first kappa shape index (κ1) is 25.3. The van der Waals surface area contributed by atoms with Gasteiger partial charge in [-0.15, -0.1) is 0 Å². The van der Waals surface area contributed by atoms with Crippen LogP contribution in [0.15, 0.2) is 12.2 Å². The molecule has 0 spiro atoms. The monoisotopic (exact) mass is 414 g/mol. The maximum Gasteiger partial charge on any atom is 0.303 e. The Kier molecular flexibility index (Phi) is 9.87. The summed E-state index contributed by atoms with van der Waals surface area (Å²) >= 11 is 0. The van der Waals surface area contributed by atoms with Gasteiger partial charge in [-0.25, -0.2) is 0 Å². The van der Waals surface area contributed by atoms with Gasteiger partial charge >= 0.3 is 5.97 Å². The minimum Gasteiger partial charge on any atom is -0.481 e. The predicted molar refractivity (Wildman–Crippen MR) is 116 cm³/mol. The van der Waals surface area contributed by atoms with Crippen molar-refractivity contribution in [1.29, 1.82) is 0 Å². The molecule has 1 aliphatic carbocycles. The molecule has 0 amide bonds. The fourth-order valence-electron chi connectivity index (χ4n) is 3.66. The van der Waals surface area contributed by atoms with Crippen molar-refractivity contribution in [2.45, 2.75) is 103 Å². The zero-order valence-corrected chi connectivity index (χ0v) is 19.9. The maximum atomic E-state index is 11.4. The number of carboxylic acids is 1. The largest absolute Gasteiger partial charge is 0.481 e. The lowest BCUT2D eigenvalue weighted by atomic mass is 9.90. The first-order valence-corrected chi connectivity index (χ1v) is 13.6. The van der Waals surface area contributed by atoms with Crippen LogP contribution in [-0.2, 0) is 14.0 Å². The Hall–Kier alpha value is -0.693. The van der Waals surface area contributed by atoms with Crippen molar-refractivity contribution in [2.24, 2.45) is 11.8 Å². The van der Waals surface area contributed by atoms with Gasteiger partial charge in [-0.05, 0) is 31.0 Å². The maximum absolute atomic E-state index is 11.4. The van der Waals surface area contributed by atoms with Crippen molar-refractivity contribution < 1.29 is 24.2 Å². The Balaban J connectivity index is 3.01. The number of aliphatic hydroxyl groups excluding tert-OH is 1. The van der Waals surface area contributed by atoms with E-state index >= 15 is 0 Å². The van der Waals surface area contributed by atoms with Crippen molar-refractivity contribution in [3.63, 3.8) is 0 Å². The number of rotatable bonds is 11. The van der Waals surface area contributed by atoms with E-state index in [0.717, 1.165) is 19.3 Å². The summed E-state index contributed by atoms with van der Waals surface area (Å²) in [7, 11) is -0.314. The molecule has 28 heavy (non-hydrogen) atoms. The van der Waals surface area contributed by atoms with Gasteiger partial charge < -0.3 is 19.4 Å². The van der Waals surface area contributed by atoms with E-state index in [1.54, 1.807) is 7.11 Å². The molecule has 0 aliphatic heterocycles. The highest BCUT2D eigenvalue weighted by molar-refractivity contribution is 6.74. The zero-order chi connectivity index (χ0) is 21.5. The molecule has 5 nitrogen and oxygen atoms in total. The number of methoxy groups -OCH3 is 1. The predicted octanol–water partition coefficient (Wildman–Crippen LogP) is 5.00. The average Bonchev–Trinajstić information content (AvgIpc) is 2.83. The molecule has 0 aromatic rings. The third-order valence-electron chi connectivity index (χ3n) is 6.50. The van der Waals surface area contributed by atoms with Gasteiger partial charge in [-0.1, -0.05) is 59.1 Å². The highest BCUT2D eigenvalue weighted by atomic mass is 28.4. The van der Waals surface area contributed by atoms with Crippen LogP contribution in [0.25, 0.3) is 0 Å². The molecule has 0 bridgehead atoms. The molecule has 0 saturated heterocycles. The lowest BCUT2D eigenvalue weighted by Crippen LogP contribution is -2.45. The van der Waals surface area contributed by atoms with Crippen LogP contribution in [0, 0.1) is 11.8 Å². The van der Waals surface area contributed by atoms with Crippen LogP contribution in [0.2, 0.25) is 18.1 Å². The molecule has 2 N–H and O–H groups in total. The second kappa shape index (κ2) is 10.9. The Morgan fingerprint density at radius 1 is 1.29 bits per heavy atom. The summed E-state index contributed by atoms with van der Waals surface area (Å²) in [5, 5.41) is 20.0. The number of hydrogen-bond acceptors (Lipinski definition) is 4. The van der Waals surface area contributed by atoms with E-state index in [1.807, 2.05) is 0 Å². The number of ether oxygens (including phenoxy) is 1. The summed E-state index contributed by atoms with van der Waals surface area (Å²) in [6.07, 6.45) is 8.18. The van der Waals surface area contributed by atoms with Crippen LogP contribution >= 0.6 is 0 Å². The summed E-state index contributed by atoms with van der Waals surface area (Å²) in [6, 6.07) is 0. The highest BCUT2D eigenvalue weighted by Crippen LogP contribution is 2.44. The highest BCUT2D eigenvalue weighted by Gasteiger charge is 2.47. The summed E-state index contributed by atoms with van der Waals surface area (Å²) in [5.41, 5.74) is 0. The molecule has 0 radical (unpaired) electrons. The summed E-state index contributed by atoms with van der Waals surface area (Å²) in [6.45, 7) is 13.2. The van der Waals surface area contributed by atoms with E-state index < -0.39 is 20.4 Å². The summed E-state index contributed by atoms with van der Waals surface area (Å²) in [5.74, 6) is -1.30. The van der Waals surface area contributed by atoms with Gasteiger partial charge in [-0.3, -0.25) is 4.79 Å². The molecule has 0 aromatic heterocycles. The van der Waals surface area contributed by atoms with E-state index in [1.165, 1.54) is 6.42 Å². The van der Waals surface area contributed by atoms with E-state index in [9.17, 15) is 15.0 Å². The molecular formula is C22H42O5Si. The van der Waals surface area contributed by atoms with Crippen molar-refractivity contribution in [3.8, 4) is 0 Å². The van der Waals surface area contributed by atoms with Gasteiger partial charge in [0.1, 0.15) is 0 Å². The average molecular weight is 415 g/mol. The lowest BCUT2D eigenvalue weighted by molar-refractivity contribution is -0.139. The molecule has 1 rings (SSSR count). The zero-order valence-electron chi connectivity index (χ0n) is 18.9. The minimum absolute atomic E-state index is 0.0169. The Morgan fingerprint density at radius 3 is 2.43 bits per heavy atom. The van der Waals surface area contributed by atoms with Crippen molar-refractivity contribution >= 4 is 14.3 Å². The second-order valence-corrected chi connectivity index (χ2v) is 14.5. The molecule has 5 atom stereocenters. The van der Waals surface area contributed by atoms with Gasteiger partial charge in [0, 0.05) is 18.9 Å². The molecule has 0 unspecified atom stereocenters. The van der Waals surface area contributed by atoms with E-state index in [4.69, 9.17) is 9.16 Å². The molecule has 0 heterocycles. The first-order chi connectivity index (χ1) is 12.9. The van der Waals surface area contributed by atoms with Gasteiger partial charge in [0.2, 0.25) is 0 Å². The minimum atomic E-state index is -2.02. The molecule has 1 fully saturated rings. The van der Waals surface area contributed by atoms with Crippen LogP contribution < -0.4 is 0 Å². The van der Waals surface area contributed by atoms with Crippen LogP contribution in [0.4, 0.5) is 0 Å². The second-order valence-electron chi connectivity index (χ2n) is 9.71. The molecular weight excluding hydrogens is 372 g/mol. The van der Waals surface area contributed by atoms with Crippen molar-refractivity contribution in [3.05, 3.63) is 12.2 Å². The smallest absolute Gasteiger partial charge is 0.303 e. The van der Waals surface area contributed by atoms with E-state index in [2.05, 4.69) is 52.9 Å². The number of carboxylic acid groups (broad SMARTS) is 1. The van der Waals surface area contributed by atoms with Gasteiger partial charge in [0.15, 0.2) is 8.32 Å². The molecule has 0 aromatic carbocycles. The van der Waals surface area contributed by atoms with Crippen LogP contribution in [0.1, 0.15) is 66.2 Å². The van der Waals surface area contributed by atoms with E-state index in [-0.39, 0.29) is 35.5 Å². The van der Waals surface area contributed by atoms with Gasteiger partial charge in [0.05, 0.1) is 24.7 Å². The Morgan fingerprint density at radius 2 is 1.93 bits per heavy atom. The number of carbonyl (C=O) groups is 1. The quantitative estimate of drug-likeness (QED) is 0.283. The third kappa shape index (κ3) is 7.28. The third-order valence-corrected chi connectivity index (χ3v) is 11.0. The van der Waals surface area contributed by atoms with Crippen molar-refractivity contribution in [2.75, 3.05) is 7.11 Å². The fourth-order valence-corrected chi connectivity index (χ4v) is 5.03. The van der Waals surface area contributed by atoms with Crippen LogP contribution in [0.3, 0.4) is 0 Å². The number of aliphatic carboxylic acids is 1. The standard InChI is InChI=1S/C22H42O5Si/c1-8-9-10-11-16(26-5)12-13-17-18(14-21(24)25)19(23)15-20(17)27-28(6,7)22(2,3)4/h12-13,16-20,23H,8-11,14-15H2,1-7H3,(H,24,25)/t16-,17-,18-,19+,20-/m0/s1. The van der Waals surface area contributed by atoms with E-state index in [0.29, 0.717) is 6.42 Å². The Bertz CT molecular complexity index is 512. The molecule has 6 heteroatoms. The topological polar surface area (TPSA) is 76.0 Å². The van der Waals surface area contributed by atoms with Crippen LogP contribution in [-0.4, -0.2) is 49.9 Å². The SMILES string of the molecule is CCCCC[C@@H](C=C[C@H]1[C@H](CC(=O)O)[C@H](O)C[C@@H]1O[Si](C)(C)C(C)(C)C)OC. The summed E-state index contributed by atoms with van der Waals surface area (Å²) < 4.78 is 12.2. The number of hydrogen-bond donors (Lipinski definition) is 2. The van der Waals surface area contributed by atoms with Gasteiger partial charge in [0.25, 0.3) is 0 Å².